The first-order chi connectivity index (χ1) is 11.5. The highest BCUT2D eigenvalue weighted by Crippen LogP contribution is 2.19. The molecular weight excluding hydrogens is 304 g/mol. The molecule has 3 rings (SSSR count). The van der Waals surface area contributed by atoms with Crippen molar-refractivity contribution in [1.82, 2.24) is 20.2 Å². The van der Waals surface area contributed by atoms with E-state index in [1.807, 2.05) is 13.1 Å². The van der Waals surface area contributed by atoms with E-state index in [4.69, 9.17) is 0 Å². The number of phenolic OH excluding ortho intramolecular Hbond substituents is 1. The van der Waals surface area contributed by atoms with Crippen molar-refractivity contribution >= 4 is 5.91 Å². The highest BCUT2D eigenvalue weighted by molar-refractivity contribution is 5.94. The van der Waals surface area contributed by atoms with Gasteiger partial charge in [-0.15, -0.1) is 0 Å². The molecule has 0 bridgehead atoms. The number of carbonyl (C=O) groups excluding carboxylic acids is 1. The summed E-state index contributed by atoms with van der Waals surface area (Å²) in [5, 5.41) is 12.5. The molecule has 6 nitrogen and oxygen atoms in total. The van der Waals surface area contributed by atoms with Crippen molar-refractivity contribution in [3.8, 4) is 5.75 Å². The lowest BCUT2D eigenvalue weighted by Crippen LogP contribution is -2.31. The Morgan fingerprint density at radius 1 is 1.46 bits per heavy atom. The molecule has 0 saturated carbocycles. The highest BCUT2D eigenvalue weighted by atomic mass is 16.3. The van der Waals surface area contributed by atoms with Crippen LogP contribution in [0.25, 0.3) is 0 Å². The number of nitrogens with one attached hydrogen (secondary N) is 2. The third-order valence-electron chi connectivity index (χ3n) is 4.53. The van der Waals surface area contributed by atoms with Gasteiger partial charge in [-0.05, 0) is 56.5 Å². The number of phenols is 1. The summed E-state index contributed by atoms with van der Waals surface area (Å²) < 4.78 is 0. The van der Waals surface area contributed by atoms with E-state index in [2.05, 4.69) is 20.2 Å². The zero-order valence-electron chi connectivity index (χ0n) is 14.2. The smallest absolute Gasteiger partial charge is 0.251 e. The number of benzene rings is 1. The van der Waals surface area contributed by atoms with Crippen molar-refractivity contribution in [3.63, 3.8) is 0 Å². The van der Waals surface area contributed by atoms with E-state index in [9.17, 15) is 9.90 Å². The number of aromatic hydroxyl groups is 1. The van der Waals surface area contributed by atoms with Crippen LogP contribution in [0.2, 0.25) is 0 Å². The van der Waals surface area contributed by atoms with E-state index in [-0.39, 0.29) is 11.7 Å². The number of likely N-dealkylation sites (tertiary alicyclic amines) is 1. The number of amides is 1. The lowest BCUT2D eigenvalue weighted by atomic mass is 10.1. The molecule has 1 fully saturated rings. The topological polar surface area (TPSA) is 81.2 Å². The molecule has 0 spiro atoms. The number of nitrogens with zero attached hydrogens (tertiary/aromatic N) is 2. The van der Waals surface area contributed by atoms with Crippen molar-refractivity contribution in [2.75, 3.05) is 19.6 Å². The summed E-state index contributed by atoms with van der Waals surface area (Å²) in [4.78, 5) is 22.1. The molecule has 3 N–H and O–H groups in total. The van der Waals surface area contributed by atoms with Crippen LogP contribution in [-0.2, 0) is 6.54 Å². The second-order valence-corrected chi connectivity index (χ2v) is 6.59. The first-order valence-corrected chi connectivity index (χ1v) is 8.32. The second-order valence-electron chi connectivity index (χ2n) is 6.59. The summed E-state index contributed by atoms with van der Waals surface area (Å²) in [6.07, 6.45) is 2.97. The van der Waals surface area contributed by atoms with Gasteiger partial charge in [-0.3, -0.25) is 9.69 Å². The maximum atomic E-state index is 12.2. The maximum absolute atomic E-state index is 12.2. The van der Waals surface area contributed by atoms with E-state index < -0.39 is 0 Å². The summed E-state index contributed by atoms with van der Waals surface area (Å²) in [5.41, 5.74) is 2.44. The summed E-state index contributed by atoms with van der Waals surface area (Å²) in [7, 11) is 0. The average Bonchev–Trinajstić information content (AvgIpc) is 3.17. The minimum absolute atomic E-state index is 0.0826. The molecule has 1 amide bonds. The molecule has 1 aliphatic heterocycles. The molecular formula is C18H24N4O2. The molecule has 1 atom stereocenters. The van der Waals surface area contributed by atoms with Crippen LogP contribution in [0, 0.1) is 19.8 Å². The molecule has 6 heteroatoms. The second kappa shape index (κ2) is 7.05. The van der Waals surface area contributed by atoms with Crippen LogP contribution < -0.4 is 5.32 Å². The Bertz CT molecular complexity index is 726. The van der Waals surface area contributed by atoms with E-state index in [1.54, 1.807) is 25.1 Å². The van der Waals surface area contributed by atoms with Gasteiger partial charge < -0.3 is 15.4 Å². The first-order valence-electron chi connectivity index (χ1n) is 8.32. The molecule has 0 radical (unpaired) electrons. The van der Waals surface area contributed by atoms with Crippen molar-refractivity contribution in [1.29, 1.82) is 0 Å². The Morgan fingerprint density at radius 3 is 3.00 bits per heavy atom. The van der Waals surface area contributed by atoms with Crippen molar-refractivity contribution in [2.24, 2.45) is 5.92 Å². The Morgan fingerprint density at radius 2 is 2.29 bits per heavy atom. The average molecular weight is 328 g/mol. The van der Waals surface area contributed by atoms with Crippen LogP contribution in [-0.4, -0.2) is 45.5 Å². The Balaban J connectivity index is 1.47. The van der Waals surface area contributed by atoms with Crippen LogP contribution in [0.15, 0.2) is 24.4 Å². The first kappa shape index (κ1) is 16.5. The van der Waals surface area contributed by atoms with Crippen molar-refractivity contribution in [2.45, 2.75) is 26.8 Å². The number of carbonyl (C=O) groups is 1. The van der Waals surface area contributed by atoms with Gasteiger partial charge in [0.15, 0.2) is 0 Å². The van der Waals surface area contributed by atoms with Crippen molar-refractivity contribution in [3.05, 3.63) is 47.0 Å². The Kier molecular flexibility index (Phi) is 4.85. The quantitative estimate of drug-likeness (QED) is 0.784. The molecule has 1 aromatic heterocycles. The number of aromatic amines is 1. The number of aromatic nitrogens is 2. The van der Waals surface area contributed by atoms with Gasteiger partial charge in [-0.1, -0.05) is 0 Å². The Hall–Kier alpha value is -2.34. The van der Waals surface area contributed by atoms with Gasteiger partial charge in [0.25, 0.3) is 5.91 Å². The molecule has 0 aliphatic carbocycles. The summed E-state index contributed by atoms with van der Waals surface area (Å²) in [5.74, 6) is 1.54. The number of H-pyrrole nitrogens is 1. The molecule has 1 saturated heterocycles. The van der Waals surface area contributed by atoms with Crippen LogP contribution in [0.1, 0.15) is 33.9 Å². The predicted molar refractivity (Wildman–Crippen MR) is 91.9 cm³/mol. The predicted octanol–water partition coefficient (Wildman–Crippen LogP) is 1.98. The number of hydrogen-bond acceptors (Lipinski definition) is 4. The summed E-state index contributed by atoms with van der Waals surface area (Å²) in [6, 6.07) is 4.93. The van der Waals surface area contributed by atoms with E-state index in [0.29, 0.717) is 23.6 Å². The molecule has 2 heterocycles. The third kappa shape index (κ3) is 3.94. The minimum atomic E-state index is -0.0826. The normalized spacial score (nSPS) is 18.0. The number of hydrogen-bond donors (Lipinski definition) is 3. The van der Waals surface area contributed by atoms with E-state index in [1.165, 1.54) is 0 Å². The number of aryl methyl sites for hydroxylation is 2. The summed E-state index contributed by atoms with van der Waals surface area (Å²) in [6.45, 7) is 7.32. The van der Waals surface area contributed by atoms with Gasteiger partial charge in [-0.2, -0.15) is 0 Å². The molecule has 2 aromatic rings. The zero-order valence-corrected chi connectivity index (χ0v) is 14.2. The van der Waals surface area contributed by atoms with Crippen LogP contribution in [0.3, 0.4) is 0 Å². The fraction of sp³-hybridized carbons (Fsp3) is 0.444. The fourth-order valence-electron chi connectivity index (χ4n) is 3.15. The standard InChI is InChI=1S/C18H24N4O2/c1-12-7-15(3-4-17(12)23)18(24)20-8-14-5-6-22(10-14)11-16-9-19-13(2)21-16/h3-4,7,9,14,23H,5-6,8,10-11H2,1-2H3,(H,19,21)(H,20,24)/t14-/m0/s1. The fourth-order valence-corrected chi connectivity index (χ4v) is 3.15. The lowest BCUT2D eigenvalue weighted by molar-refractivity contribution is 0.0947. The maximum Gasteiger partial charge on any atom is 0.251 e. The molecule has 0 unspecified atom stereocenters. The molecule has 1 aromatic carbocycles. The summed E-state index contributed by atoms with van der Waals surface area (Å²) >= 11 is 0. The molecule has 24 heavy (non-hydrogen) atoms. The van der Waals surface area contributed by atoms with Gasteiger partial charge >= 0.3 is 0 Å². The van der Waals surface area contributed by atoms with Crippen LogP contribution in [0.5, 0.6) is 5.75 Å². The molecule has 128 valence electrons. The largest absolute Gasteiger partial charge is 0.508 e. The van der Waals surface area contributed by atoms with Crippen LogP contribution >= 0.6 is 0 Å². The lowest BCUT2D eigenvalue weighted by Gasteiger charge is -2.15. The highest BCUT2D eigenvalue weighted by Gasteiger charge is 2.23. The molecule has 1 aliphatic rings. The Labute approximate surface area is 141 Å². The van der Waals surface area contributed by atoms with Gasteiger partial charge in [-0.25, -0.2) is 4.98 Å². The van der Waals surface area contributed by atoms with Gasteiger partial charge in [0, 0.05) is 37.1 Å². The van der Waals surface area contributed by atoms with Gasteiger partial charge in [0.2, 0.25) is 0 Å². The minimum Gasteiger partial charge on any atom is -0.508 e. The van der Waals surface area contributed by atoms with E-state index in [0.717, 1.165) is 37.6 Å². The van der Waals surface area contributed by atoms with Gasteiger partial charge in [0.1, 0.15) is 11.6 Å². The van der Waals surface area contributed by atoms with Gasteiger partial charge in [0.05, 0.1) is 0 Å². The van der Waals surface area contributed by atoms with E-state index >= 15 is 0 Å². The van der Waals surface area contributed by atoms with Crippen LogP contribution in [0.4, 0.5) is 0 Å². The monoisotopic (exact) mass is 328 g/mol. The third-order valence-corrected chi connectivity index (χ3v) is 4.53. The number of imidazole rings is 1. The van der Waals surface area contributed by atoms with Crippen molar-refractivity contribution < 1.29 is 9.90 Å². The SMILES string of the molecule is Cc1ncc(CN2CC[C@@H](CNC(=O)c3ccc(O)c(C)c3)C2)[nH]1. The number of rotatable bonds is 5. The zero-order chi connectivity index (χ0) is 17.1.